The Hall–Kier alpha value is -3.33. The van der Waals surface area contributed by atoms with E-state index in [0.29, 0.717) is 26.5 Å². The van der Waals surface area contributed by atoms with Gasteiger partial charge in [0.25, 0.3) is 17.5 Å². The van der Waals surface area contributed by atoms with Gasteiger partial charge in [-0.25, -0.2) is 3.96 Å². The number of nitrogens with zero attached hydrogens (tertiary/aromatic N) is 3. The van der Waals surface area contributed by atoms with Crippen LogP contribution < -0.4 is 4.67 Å². The number of nitro groups is 1. The third-order valence-corrected chi connectivity index (χ3v) is 5.85. The number of rotatable bonds is 3. The highest BCUT2D eigenvalue weighted by Gasteiger charge is 2.18. The monoisotopic (exact) mass is 471 g/mol. The molecule has 0 aliphatic carbocycles. The Morgan fingerprint density at radius 3 is 2.23 bits per heavy atom. The zero-order valence-corrected chi connectivity index (χ0v) is 17.8. The second-order valence-electron chi connectivity index (χ2n) is 6.39. The number of non-ortho nitro benzene ring substituents is 1. The van der Waals surface area contributed by atoms with Crippen LogP contribution in [0.1, 0.15) is 20.7 Å². The second-order valence-corrected chi connectivity index (χ2v) is 8.20. The maximum absolute atomic E-state index is 13.1. The quantitative estimate of drug-likeness (QED) is 0.297. The second kappa shape index (κ2) is 8.43. The summed E-state index contributed by atoms with van der Waals surface area (Å²) in [5.41, 5.74) is 0.788. The summed E-state index contributed by atoms with van der Waals surface area (Å²) in [4.78, 5) is 40.5. The van der Waals surface area contributed by atoms with Gasteiger partial charge >= 0.3 is 0 Å². The van der Waals surface area contributed by atoms with Crippen molar-refractivity contribution in [2.45, 2.75) is 0 Å². The van der Waals surface area contributed by atoms with E-state index in [4.69, 9.17) is 23.2 Å². The molecule has 0 radical (unpaired) electrons. The van der Waals surface area contributed by atoms with Crippen molar-refractivity contribution in [3.63, 3.8) is 0 Å². The Balaban J connectivity index is 1.92. The molecule has 0 saturated carbocycles. The number of halogens is 2. The van der Waals surface area contributed by atoms with Gasteiger partial charge in [-0.1, -0.05) is 35.3 Å². The number of fused-ring (bicyclic) bond motifs is 1. The maximum Gasteiger partial charge on any atom is 0.278 e. The summed E-state index contributed by atoms with van der Waals surface area (Å²) in [6, 6.07) is 16.7. The number of aromatic nitrogens is 1. The van der Waals surface area contributed by atoms with Crippen molar-refractivity contribution in [3.8, 4) is 0 Å². The van der Waals surface area contributed by atoms with Crippen LogP contribution in [0.15, 0.2) is 71.7 Å². The van der Waals surface area contributed by atoms with Crippen LogP contribution >= 0.6 is 34.7 Å². The van der Waals surface area contributed by atoms with Crippen LogP contribution in [0, 0.1) is 10.1 Å². The molecule has 3 aromatic carbocycles. The Kier molecular flexibility index (Phi) is 5.69. The highest BCUT2D eigenvalue weighted by molar-refractivity contribution is 7.06. The molecule has 0 spiro atoms. The zero-order chi connectivity index (χ0) is 22.1. The van der Waals surface area contributed by atoms with Crippen molar-refractivity contribution in [2.75, 3.05) is 0 Å². The van der Waals surface area contributed by atoms with Gasteiger partial charge in [-0.3, -0.25) is 19.7 Å². The lowest BCUT2D eigenvalue weighted by atomic mass is 10.2. The number of nitro benzene ring substituents is 1. The molecule has 4 rings (SSSR count). The minimum atomic E-state index is -0.584. The molecular formula is C21H11Cl2N3O4S. The first-order valence-corrected chi connectivity index (χ1v) is 10.3. The van der Waals surface area contributed by atoms with E-state index in [1.54, 1.807) is 36.4 Å². The Labute approximate surface area is 189 Å². The number of hydrogen-bond donors (Lipinski definition) is 0. The molecule has 1 heterocycles. The van der Waals surface area contributed by atoms with E-state index < -0.39 is 16.7 Å². The topological polar surface area (TPSA) is 94.6 Å². The van der Waals surface area contributed by atoms with Gasteiger partial charge in [0, 0.05) is 38.7 Å². The molecule has 1 amide bonds. The van der Waals surface area contributed by atoms with E-state index in [1.165, 1.54) is 34.3 Å². The molecule has 0 aliphatic heterocycles. The first kappa shape index (κ1) is 20.9. The van der Waals surface area contributed by atoms with E-state index in [9.17, 15) is 19.7 Å². The van der Waals surface area contributed by atoms with Crippen molar-refractivity contribution < 1.29 is 14.5 Å². The summed E-state index contributed by atoms with van der Waals surface area (Å²) < 4.78 is 1.49. The minimum absolute atomic E-state index is 0.166. The summed E-state index contributed by atoms with van der Waals surface area (Å²) in [6.07, 6.45) is 0. The third kappa shape index (κ3) is 4.27. The highest BCUT2D eigenvalue weighted by Crippen LogP contribution is 2.23. The van der Waals surface area contributed by atoms with Gasteiger partial charge in [0.2, 0.25) is 0 Å². The fourth-order valence-electron chi connectivity index (χ4n) is 2.92. The number of carbonyl (C=O) groups is 2. The van der Waals surface area contributed by atoms with E-state index in [2.05, 4.69) is 4.99 Å². The third-order valence-electron chi connectivity index (χ3n) is 4.35. The molecule has 0 bridgehead atoms. The van der Waals surface area contributed by atoms with Gasteiger partial charge in [0.15, 0.2) is 0 Å². The number of benzene rings is 3. The zero-order valence-electron chi connectivity index (χ0n) is 15.5. The molecular weight excluding hydrogens is 461 g/mol. The molecule has 7 nitrogen and oxygen atoms in total. The van der Waals surface area contributed by atoms with Crippen LogP contribution in [0.2, 0.25) is 10.0 Å². The van der Waals surface area contributed by atoms with E-state index in [0.717, 1.165) is 11.5 Å². The molecule has 0 atom stereocenters. The normalized spacial score (nSPS) is 11.6. The van der Waals surface area contributed by atoms with Crippen molar-refractivity contribution in [2.24, 2.45) is 4.99 Å². The number of carbonyl (C=O) groups excluding carboxylic acids is 2. The molecule has 31 heavy (non-hydrogen) atoms. The smallest absolute Gasteiger partial charge is 0.267 e. The molecule has 0 aliphatic rings. The van der Waals surface area contributed by atoms with Gasteiger partial charge in [-0.15, -0.1) is 0 Å². The van der Waals surface area contributed by atoms with Crippen molar-refractivity contribution in [1.82, 2.24) is 3.96 Å². The molecule has 1 aromatic heterocycles. The van der Waals surface area contributed by atoms with Gasteiger partial charge in [-0.05, 0) is 54.0 Å². The predicted octanol–water partition coefficient (Wildman–Crippen LogP) is 5.35. The number of amides is 1. The first-order chi connectivity index (χ1) is 14.8. The highest BCUT2D eigenvalue weighted by atomic mass is 35.5. The van der Waals surface area contributed by atoms with E-state index >= 15 is 0 Å². The molecule has 10 heteroatoms. The van der Waals surface area contributed by atoms with Crippen LogP contribution in [-0.4, -0.2) is 20.7 Å². The molecule has 0 N–H and O–H groups in total. The predicted molar refractivity (Wildman–Crippen MR) is 119 cm³/mol. The van der Waals surface area contributed by atoms with Gasteiger partial charge in [0.05, 0.1) is 10.4 Å². The molecule has 4 aromatic rings. The Morgan fingerprint density at radius 1 is 0.935 bits per heavy atom. The lowest BCUT2D eigenvalue weighted by molar-refractivity contribution is -0.384. The SMILES string of the molecule is O=C(N=c1sn(C(=O)c2cccc(Cl)c2)c2ccc([N+](=O)[O-])cc12)c1cccc(Cl)c1. The molecule has 0 fully saturated rings. The Bertz CT molecular complexity index is 1440. The Morgan fingerprint density at radius 2 is 1.58 bits per heavy atom. The fourth-order valence-corrected chi connectivity index (χ4v) is 4.30. The number of hydrogen-bond acceptors (Lipinski definition) is 5. The van der Waals surface area contributed by atoms with E-state index in [-0.39, 0.29) is 15.9 Å². The summed E-state index contributed by atoms with van der Waals surface area (Å²) in [6.45, 7) is 0. The fraction of sp³-hybridized carbons (Fsp3) is 0. The van der Waals surface area contributed by atoms with Gasteiger partial charge in [0.1, 0.15) is 4.67 Å². The van der Waals surface area contributed by atoms with Crippen molar-refractivity contribution in [3.05, 3.63) is 103 Å². The molecule has 154 valence electrons. The lowest BCUT2D eigenvalue weighted by Crippen LogP contribution is -2.09. The summed E-state index contributed by atoms with van der Waals surface area (Å²) in [5.74, 6) is -0.984. The minimum Gasteiger partial charge on any atom is -0.267 e. The first-order valence-electron chi connectivity index (χ1n) is 8.79. The average molecular weight is 472 g/mol. The summed E-state index contributed by atoms with van der Waals surface area (Å²) in [7, 11) is 0. The van der Waals surface area contributed by atoms with Crippen LogP contribution in [0.25, 0.3) is 10.9 Å². The standard InChI is InChI=1S/C21H11Cl2N3O4S/c22-14-5-1-3-12(9-14)19(27)24-20-17-11-16(26(29)30)7-8-18(17)25(31-20)21(28)13-4-2-6-15(23)10-13/h1-11H. The van der Waals surface area contributed by atoms with Crippen LogP contribution in [0.3, 0.4) is 0 Å². The molecule has 0 unspecified atom stereocenters. The lowest BCUT2D eigenvalue weighted by Gasteiger charge is -2.03. The van der Waals surface area contributed by atoms with Gasteiger partial charge < -0.3 is 0 Å². The van der Waals surface area contributed by atoms with Crippen LogP contribution in [0.5, 0.6) is 0 Å². The van der Waals surface area contributed by atoms with E-state index in [1.807, 2.05) is 0 Å². The van der Waals surface area contributed by atoms with Gasteiger partial charge in [-0.2, -0.15) is 4.99 Å². The van der Waals surface area contributed by atoms with Crippen LogP contribution in [-0.2, 0) is 0 Å². The average Bonchev–Trinajstić information content (AvgIpc) is 3.10. The van der Waals surface area contributed by atoms with Crippen molar-refractivity contribution in [1.29, 1.82) is 0 Å². The largest absolute Gasteiger partial charge is 0.278 e. The van der Waals surface area contributed by atoms with Crippen molar-refractivity contribution >= 4 is 63.1 Å². The maximum atomic E-state index is 13.1. The molecule has 0 saturated heterocycles. The van der Waals surface area contributed by atoms with Crippen LogP contribution in [0.4, 0.5) is 5.69 Å². The summed E-state index contributed by atoms with van der Waals surface area (Å²) >= 11 is 12.9. The summed E-state index contributed by atoms with van der Waals surface area (Å²) in [5, 5.41) is 12.3.